The molecule has 2 atom stereocenters. The number of amides is 1. The first-order valence-corrected chi connectivity index (χ1v) is 12.6. The summed E-state index contributed by atoms with van der Waals surface area (Å²) < 4.78 is 70.9. The highest BCUT2D eigenvalue weighted by molar-refractivity contribution is 5.83. The molecule has 236 valence electrons. The van der Waals surface area contributed by atoms with Crippen LogP contribution in [-0.2, 0) is 34.5 Å². The van der Waals surface area contributed by atoms with Crippen LogP contribution in [-0.4, -0.2) is 105 Å². The minimum Gasteiger partial charge on any atom is -0.475 e. The number of carboxylic acid groups (broad SMARTS) is 2. The molecule has 0 spiro atoms. The van der Waals surface area contributed by atoms with Gasteiger partial charge in [0.05, 0.1) is 24.4 Å². The lowest BCUT2D eigenvalue weighted by atomic mass is 9.74. The average Bonchev–Trinajstić information content (AvgIpc) is 3.58. The molecule has 0 aromatic carbocycles. The smallest absolute Gasteiger partial charge is 0.475 e. The molecule has 4 rings (SSSR count). The molecule has 17 heteroatoms. The fraction of sp³-hybridized carbons (Fsp3) is 0.600. The number of likely N-dealkylation sites (tertiary alicyclic amines) is 2. The highest BCUT2D eigenvalue weighted by Gasteiger charge is 2.53. The number of aryl methyl sites for hydroxylation is 1. The van der Waals surface area contributed by atoms with Gasteiger partial charge in [-0.2, -0.15) is 31.4 Å². The van der Waals surface area contributed by atoms with E-state index in [1.807, 2.05) is 44.2 Å². The standard InChI is InChI=1S/C21H31N5O2.2C2HF3O2/c1-23(2)20(27)21-7-5-8-25(15-19-6-4-9-28-19)13-18(21)14-26(16-21)12-17-10-22-24(3)11-17;2*3-2(4,5)1(6)7/h4,6,9-11,18H,5,7-8,12-16H2,1-3H3;2*(H,6,7)/t18-,21-;;/m0../s1. The molecule has 0 radical (unpaired) electrons. The summed E-state index contributed by atoms with van der Waals surface area (Å²) in [5.74, 6) is -3.90. The molecule has 4 heterocycles. The zero-order chi connectivity index (χ0) is 31.9. The number of furan rings is 1. The van der Waals surface area contributed by atoms with E-state index >= 15 is 0 Å². The number of nitrogens with zero attached hydrogens (tertiary/aromatic N) is 5. The van der Waals surface area contributed by atoms with E-state index in [1.54, 1.807) is 11.2 Å². The van der Waals surface area contributed by atoms with E-state index in [0.29, 0.717) is 5.92 Å². The molecule has 11 nitrogen and oxygen atoms in total. The van der Waals surface area contributed by atoms with Crippen molar-refractivity contribution in [3.05, 3.63) is 42.1 Å². The second-order valence-corrected chi connectivity index (χ2v) is 10.3. The first-order chi connectivity index (χ1) is 19.3. The van der Waals surface area contributed by atoms with Crippen molar-refractivity contribution in [2.45, 2.75) is 38.3 Å². The van der Waals surface area contributed by atoms with Gasteiger partial charge in [0, 0.05) is 59.1 Å². The average molecular weight is 614 g/mol. The van der Waals surface area contributed by atoms with Gasteiger partial charge in [0.2, 0.25) is 5.91 Å². The van der Waals surface area contributed by atoms with E-state index in [4.69, 9.17) is 24.2 Å². The van der Waals surface area contributed by atoms with Gasteiger partial charge in [-0.3, -0.25) is 19.3 Å². The van der Waals surface area contributed by atoms with Crippen LogP contribution >= 0.6 is 0 Å². The number of carbonyl (C=O) groups is 3. The molecule has 2 aliphatic rings. The third kappa shape index (κ3) is 9.75. The number of hydrogen-bond acceptors (Lipinski definition) is 7. The summed E-state index contributed by atoms with van der Waals surface area (Å²) in [5.41, 5.74) is 0.919. The number of aliphatic carboxylic acids is 2. The molecule has 0 unspecified atom stereocenters. The highest BCUT2D eigenvalue weighted by Crippen LogP contribution is 2.44. The van der Waals surface area contributed by atoms with Crippen molar-refractivity contribution >= 4 is 17.8 Å². The van der Waals surface area contributed by atoms with Crippen molar-refractivity contribution in [1.82, 2.24) is 24.5 Å². The number of carboxylic acids is 2. The van der Waals surface area contributed by atoms with Gasteiger partial charge in [0.25, 0.3) is 0 Å². The Morgan fingerprint density at radius 3 is 2.07 bits per heavy atom. The minimum atomic E-state index is -5.08. The largest absolute Gasteiger partial charge is 0.490 e. The van der Waals surface area contributed by atoms with Gasteiger partial charge in [0.15, 0.2) is 0 Å². The van der Waals surface area contributed by atoms with Crippen LogP contribution in [0.15, 0.2) is 35.2 Å². The second kappa shape index (κ2) is 14.0. The van der Waals surface area contributed by atoms with Crippen molar-refractivity contribution in [3.63, 3.8) is 0 Å². The Morgan fingerprint density at radius 1 is 1.05 bits per heavy atom. The van der Waals surface area contributed by atoms with Crippen molar-refractivity contribution in [3.8, 4) is 0 Å². The van der Waals surface area contributed by atoms with Crippen LogP contribution in [0.2, 0.25) is 0 Å². The second-order valence-electron chi connectivity index (χ2n) is 10.3. The molecule has 42 heavy (non-hydrogen) atoms. The predicted molar refractivity (Wildman–Crippen MR) is 134 cm³/mol. The summed E-state index contributed by atoms with van der Waals surface area (Å²) in [7, 11) is 5.73. The van der Waals surface area contributed by atoms with Crippen molar-refractivity contribution in [2.24, 2.45) is 18.4 Å². The number of hydrogen-bond donors (Lipinski definition) is 2. The predicted octanol–water partition coefficient (Wildman–Crippen LogP) is 3.08. The topological polar surface area (TPSA) is 132 Å². The summed E-state index contributed by atoms with van der Waals surface area (Å²) >= 11 is 0. The fourth-order valence-corrected chi connectivity index (χ4v) is 5.11. The van der Waals surface area contributed by atoms with Crippen LogP contribution in [0.1, 0.15) is 24.2 Å². The number of rotatable bonds is 5. The van der Waals surface area contributed by atoms with Crippen LogP contribution in [0.5, 0.6) is 0 Å². The molecule has 0 bridgehead atoms. The quantitative estimate of drug-likeness (QED) is 0.489. The fourth-order valence-electron chi connectivity index (χ4n) is 5.11. The summed E-state index contributed by atoms with van der Waals surface area (Å²) in [6.07, 6.45) is -2.45. The monoisotopic (exact) mass is 613 g/mol. The Hall–Kier alpha value is -3.60. The number of carbonyl (C=O) groups excluding carboxylic acids is 1. The van der Waals surface area contributed by atoms with Crippen LogP contribution in [0.4, 0.5) is 26.3 Å². The summed E-state index contributed by atoms with van der Waals surface area (Å²) in [5, 5.41) is 18.5. The maximum Gasteiger partial charge on any atom is 0.490 e. The molecule has 1 amide bonds. The highest BCUT2D eigenvalue weighted by atomic mass is 19.4. The van der Waals surface area contributed by atoms with Crippen LogP contribution in [0.25, 0.3) is 0 Å². The zero-order valence-electron chi connectivity index (χ0n) is 23.2. The van der Waals surface area contributed by atoms with E-state index < -0.39 is 24.3 Å². The van der Waals surface area contributed by atoms with Crippen molar-refractivity contribution < 1.29 is 55.4 Å². The van der Waals surface area contributed by atoms with E-state index in [9.17, 15) is 31.1 Å². The van der Waals surface area contributed by atoms with Gasteiger partial charge in [-0.15, -0.1) is 0 Å². The Labute approximate surface area is 237 Å². The Balaban J connectivity index is 0.000000367. The molecule has 0 saturated carbocycles. The van der Waals surface area contributed by atoms with Gasteiger partial charge in [-0.1, -0.05) is 0 Å². The van der Waals surface area contributed by atoms with E-state index in [-0.39, 0.29) is 11.3 Å². The molecule has 2 fully saturated rings. The lowest BCUT2D eigenvalue weighted by Gasteiger charge is -2.35. The number of aromatic nitrogens is 2. The normalized spacial score (nSPS) is 21.2. The first-order valence-electron chi connectivity index (χ1n) is 12.6. The van der Waals surface area contributed by atoms with Gasteiger partial charge < -0.3 is 19.5 Å². The maximum absolute atomic E-state index is 13.3. The van der Waals surface area contributed by atoms with Crippen LogP contribution in [0.3, 0.4) is 0 Å². The van der Waals surface area contributed by atoms with Gasteiger partial charge in [0.1, 0.15) is 5.76 Å². The number of halogens is 6. The summed E-state index contributed by atoms with van der Waals surface area (Å²) in [4.78, 5) is 37.8. The molecule has 0 aliphatic carbocycles. The SMILES string of the molecule is CN(C)C(=O)[C@]12CCCN(Cc3ccco3)C[C@H]1CN(Cc1cnn(C)c1)C2.O=C(O)C(F)(F)F.O=C(O)C(F)(F)F. The Kier molecular flexibility index (Phi) is 11.6. The first kappa shape index (κ1) is 34.6. The van der Waals surface area contributed by atoms with Crippen molar-refractivity contribution in [1.29, 1.82) is 0 Å². The lowest BCUT2D eigenvalue weighted by Crippen LogP contribution is -2.47. The maximum atomic E-state index is 13.3. The van der Waals surface area contributed by atoms with Gasteiger partial charge in [-0.05, 0) is 37.4 Å². The van der Waals surface area contributed by atoms with Crippen molar-refractivity contribution in [2.75, 3.05) is 40.3 Å². The van der Waals surface area contributed by atoms with Crippen LogP contribution < -0.4 is 0 Å². The summed E-state index contributed by atoms with van der Waals surface area (Å²) in [6.45, 7) is 5.40. The molecule has 2 aromatic heterocycles. The number of alkyl halides is 6. The Bertz CT molecular complexity index is 1160. The molecule has 2 N–H and O–H groups in total. The summed E-state index contributed by atoms with van der Waals surface area (Å²) in [6, 6.07) is 3.98. The minimum absolute atomic E-state index is 0.283. The molecule has 2 aromatic rings. The van der Waals surface area contributed by atoms with E-state index in [0.717, 1.165) is 57.9 Å². The third-order valence-corrected chi connectivity index (χ3v) is 6.78. The molecule has 2 saturated heterocycles. The zero-order valence-corrected chi connectivity index (χ0v) is 23.2. The van der Waals surface area contributed by atoms with Gasteiger partial charge >= 0.3 is 24.3 Å². The lowest BCUT2D eigenvalue weighted by molar-refractivity contribution is -0.193. The van der Waals surface area contributed by atoms with Crippen LogP contribution in [0, 0.1) is 11.3 Å². The van der Waals surface area contributed by atoms with E-state index in [2.05, 4.69) is 21.1 Å². The molecule has 2 aliphatic heterocycles. The number of fused-ring (bicyclic) bond motifs is 1. The Morgan fingerprint density at radius 2 is 1.62 bits per heavy atom. The third-order valence-electron chi connectivity index (χ3n) is 6.78. The van der Waals surface area contributed by atoms with Gasteiger partial charge in [-0.25, -0.2) is 9.59 Å². The van der Waals surface area contributed by atoms with E-state index in [1.165, 1.54) is 5.56 Å². The molecular formula is C25H33F6N5O6. The molecular weight excluding hydrogens is 580 g/mol.